The highest BCUT2D eigenvalue weighted by Crippen LogP contribution is 2.11. The molecule has 3 nitrogen and oxygen atoms in total. The topological polar surface area (TPSA) is 49.3 Å². The van der Waals surface area contributed by atoms with Gasteiger partial charge in [0.25, 0.3) is 0 Å². The zero-order valence-corrected chi connectivity index (χ0v) is 14.3. The molecule has 0 heterocycles. The molecule has 2 N–H and O–H groups in total. The van der Waals surface area contributed by atoms with Gasteiger partial charge in [0.2, 0.25) is 5.91 Å². The summed E-state index contributed by atoms with van der Waals surface area (Å²) >= 11 is 0. The Balaban J connectivity index is 3.51. The van der Waals surface area contributed by atoms with E-state index >= 15 is 0 Å². The Labute approximate surface area is 131 Å². The van der Waals surface area contributed by atoms with E-state index in [9.17, 15) is 4.79 Å². The second-order valence-corrected chi connectivity index (χ2v) is 6.06. The number of aliphatic hydroxyl groups is 1. The fourth-order valence-corrected chi connectivity index (χ4v) is 2.25. The SMILES string of the molecule is CCCCCCCCCCC/C=C(\C)C(=O)N[C@@H](C)CO. The van der Waals surface area contributed by atoms with Crippen LogP contribution in [0, 0.1) is 0 Å². The van der Waals surface area contributed by atoms with Gasteiger partial charge in [0.15, 0.2) is 0 Å². The van der Waals surface area contributed by atoms with Crippen LogP contribution in [0.3, 0.4) is 0 Å². The monoisotopic (exact) mass is 297 g/mol. The van der Waals surface area contributed by atoms with E-state index < -0.39 is 0 Å². The molecule has 0 aliphatic carbocycles. The van der Waals surface area contributed by atoms with Crippen molar-refractivity contribution in [2.75, 3.05) is 6.61 Å². The van der Waals surface area contributed by atoms with Crippen molar-refractivity contribution in [3.05, 3.63) is 11.6 Å². The largest absolute Gasteiger partial charge is 0.394 e. The average Bonchev–Trinajstić information content (AvgIpc) is 2.48. The minimum absolute atomic E-state index is 0.0166. The van der Waals surface area contributed by atoms with Crippen molar-refractivity contribution in [1.29, 1.82) is 0 Å². The van der Waals surface area contributed by atoms with E-state index in [1.807, 2.05) is 13.0 Å². The highest BCUT2D eigenvalue weighted by molar-refractivity contribution is 5.92. The molecule has 3 heteroatoms. The Kier molecular flexibility index (Phi) is 13.6. The summed E-state index contributed by atoms with van der Waals surface area (Å²) < 4.78 is 0. The Morgan fingerprint density at radius 1 is 1.05 bits per heavy atom. The van der Waals surface area contributed by atoms with Crippen molar-refractivity contribution in [1.82, 2.24) is 5.32 Å². The zero-order valence-electron chi connectivity index (χ0n) is 14.3. The number of nitrogens with one attached hydrogen (secondary N) is 1. The molecule has 0 aromatic rings. The molecule has 0 spiro atoms. The average molecular weight is 297 g/mol. The van der Waals surface area contributed by atoms with Crippen LogP contribution >= 0.6 is 0 Å². The van der Waals surface area contributed by atoms with Crippen molar-refractivity contribution in [2.45, 2.75) is 91.0 Å². The lowest BCUT2D eigenvalue weighted by Crippen LogP contribution is -2.35. The number of unbranched alkanes of at least 4 members (excludes halogenated alkanes) is 9. The number of aliphatic hydroxyl groups excluding tert-OH is 1. The molecule has 0 saturated heterocycles. The zero-order chi connectivity index (χ0) is 15.9. The molecule has 21 heavy (non-hydrogen) atoms. The van der Waals surface area contributed by atoms with Crippen molar-refractivity contribution < 1.29 is 9.90 Å². The molecule has 0 bridgehead atoms. The molecule has 0 aliphatic heterocycles. The smallest absolute Gasteiger partial charge is 0.246 e. The van der Waals surface area contributed by atoms with Crippen molar-refractivity contribution in [2.24, 2.45) is 0 Å². The van der Waals surface area contributed by atoms with Gasteiger partial charge >= 0.3 is 0 Å². The molecule has 1 amide bonds. The normalized spacial score (nSPS) is 13.2. The Hall–Kier alpha value is -0.830. The van der Waals surface area contributed by atoms with Crippen LogP contribution in [-0.4, -0.2) is 23.7 Å². The van der Waals surface area contributed by atoms with Crippen LogP contribution in [0.4, 0.5) is 0 Å². The summed E-state index contributed by atoms with van der Waals surface area (Å²) in [6, 6.07) is -0.173. The van der Waals surface area contributed by atoms with Gasteiger partial charge in [-0.25, -0.2) is 0 Å². The molecule has 0 unspecified atom stereocenters. The van der Waals surface area contributed by atoms with Gasteiger partial charge in [0.1, 0.15) is 0 Å². The Bertz CT molecular complexity index is 287. The Morgan fingerprint density at radius 3 is 2.10 bits per heavy atom. The molecule has 0 radical (unpaired) electrons. The first-order valence-corrected chi connectivity index (χ1v) is 8.70. The van der Waals surface area contributed by atoms with Gasteiger partial charge in [-0.05, 0) is 26.7 Å². The maximum Gasteiger partial charge on any atom is 0.246 e. The van der Waals surface area contributed by atoms with Gasteiger partial charge in [-0.15, -0.1) is 0 Å². The van der Waals surface area contributed by atoms with E-state index in [1.54, 1.807) is 6.92 Å². The number of allylic oxidation sites excluding steroid dienone is 1. The maximum atomic E-state index is 11.7. The van der Waals surface area contributed by atoms with Crippen LogP contribution in [-0.2, 0) is 4.79 Å². The second kappa shape index (κ2) is 14.1. The van der Waals surface area contributed by atoms with Crippen molar-refractivity contribution in [3.63, 3.8) is 0 Å². The molecule has 0 aromatic carbocycles. The first kappa shape index (κ1) is 20.2. The fraction of sp³-hybridized carbons (Fsp3) is 0.833. The summed E-state index contributed by atoms with van der Waals surface area (Å²) in [7, 11) is 0. The number of carbonyl (C=O) groups is 1. The van der Waals surface area contributed by atoms with E-state index in [0.717, 1.165) is 18.4 Å². The summed E-state index contributed by atoms with van der Waals surface area (Å²) in [5, 5.41) is 11.7. The van der Waals surface area contributed by atoms with Crippen LogP contribution in [0.2, 0.25) is 0 Å². The summed E-state index contributed by atoms with van der Waals surface area (Å²) in [6.45, 7) is 5.87. The number of amides is 1. The lowest BCUT2D eigenvalue weighted by molar-refractivity contribution is -0.118. The van der Waals surface area contributed by atoms with Gasteiger partial charge in [0, 0.05) is 11.6 Å². The molecular formula is C18H35NO2. The number of rotatable bonds is 13. The molecule has 0 saturated carbocycles. The lowest BCUT2D eigenvalue weighted by atomic mass is 10.1. The molecule has 0 aromatic heterocycles. The minimum atomic E-state index is -0.173. The molecular weight excluding hydrogens is 262 g/mol. The van der Waals surface area contributed by atoms with Crippen LogP contribution in [0.1, 0.15) is 85.0 Å². The number of hydrogen-bond donors (Lipinski definition) is 2. The van der Waals surface area contributed by atoms with Gasteiger partial charge in [-0.1, -0.05) is 64.4 Å². The third kappa shape index (κ3) is 12.6. The molecule has 0 fully saturated rings. The summed E-state index contributed by atoms with van der Waals surface area (Å²) in [6.07, 6.45) is 14.9. The van der Waals surface area contributed by atoms with E-state index in [-0.39, 0.29) is 18.6 Å². The summed E-state index contributed by atoms with van der Waals surface area (Å²) in [5.74, 6) is -0.0625. The van der Waals surface area contributed by atoms with Gasteiger partial charge < -0.3 is 10.4 Å². The molecule has 0 rings (SSSR count). The highest BCUT2D eigenvalue weighted by Gasteiger charge is 2.07. The van der Waals surface area contributed by atoms with Gasteiger partial charge in [-0.3, -0.25) is 4.79 Å². The third-order valence-corrected chi connectivity index (χ3v) is 3.77. The summed E-state index contributed by atoms with van der Waals surface area (Å²) in [5.41, 5.74) is 0.759. The maximum absolute atomic E-state index is 11.7. The standard InChI is InChI=1S/C18H35NO2/c1-4-5-6-7-8-9-10-11-12-13-14-16(2)18(21)19-17(3)15-20/h14,17,20H,4-13,15H2,1-3H3,(H,19,21)/b16-14+/t17-/m0/s1. The van der Waals surface area contributed by atoms with E-state index in [2.05, 4.69) is 12.2 Å². The van der Waals surface area contributed by atoms with Gasteiger partial charge in [0.05, 0.1) is 6.61 Å². The quantitative estimate of drug-likeness (QED) is 0.392. The van der Waals surface area contributed by atoms with Crippen molar-refractivity contribution in [3.8, 4) is 0 Å². The second-order valence-electron chi connectivity index (χ2n) is 6.06. The van der Waals surface area contributed by atoms with E-state index in [1.165, 1.54) is 51.4 Å². The van der Waals surface area contributed by atoms with Gasteiger partial charge in [-0.2, -0.15) is 0 Å². The first-order chi connectivity index (χ1) is 10.1. The Morgan fingerprint density at radius 2 is 1.57 bits per heavy atom. The van der Waals surface area contributed by atoms with Crippen molar-refractivity contribution >= 4 is 5.91 Å². The van der Waals surface area contributed by atoms with Crippen LogP contribution in [0.5, 0.6) is 0 Å². The molecule has 0 aliphatic rings. The highest BCUT2D eigenvalue weighted by atomic mass is 16.3. The molecule has 1 atom stereocenters. The predicted octanol–water partition coefficient (Wildman–Crippen LogP) is 4.35. The first-order valence-electron chi connectivity index (χ1n) is 8.70. The van der Waals surface area contributed by atoms with E-state index in [4.69, 9.17) is 5.11 Å². The summed E-state index contributed by atoms with van der Waals surface area (Å²) in [4.78, 5) is 11.7. The fourth-order valence-electron chi connectivity index (χ4n) is 2.25. The van der Waals surface area contributed by atoms with Crippen LogP contribution in [0.25, 0.3) is 0 Å². The minimum Gasteiger partial charge on any atom is -0.394 e. The van der Waals surface area contributed by atoms with Crippen LogP contribution in [0.15, 0.2) is 11.6 Å². The molecule has 124 valence electrons. The third-order valence-electron chi connectivity index (χ3n) is 3.77. The number of hydrogen-bond acceptors (Lipinski definition) is 2. The van der Waals surface area contributed by atoms with E-state index in [0.29, 0.717) is 0 Å². The lowest BCUT2D eigenvalue weighted by Gasteiger charge is -2.10. The van der Waals surface area contributed by atoms with Crippen LogP contribution < -0.4 is 5.32 Å². The predicted molar refractivity (Wildman–Crippen MR) is 90.3 cm³/mol. The number of carbonyl (C=O) groups excluding carboxylic acids is 1.